The first kappa shape index (κ1) is 34.3. The summed E-state index contributed by atoms with van der Waals surface area (Å²) in [5.41, 5.74) is 3.60. The monoisotopic (exact) mass is 661 g/mol. The molecule has 4 bridgehead atoms. The molecule has 0 unspecified atom stereocenters. The molecule has 2 aliphatic rings. The number of fused-ring (bicyclic) bond motifs is 4. The fraction of sp³-hybridized carbons (Fsp3) is 0.500. The number of hydrogen-bond acceptors (Lipinski definition) is 7. The first-order valence-corrected chi connectivity index (χ1v) is 18.0. The maximum atomic E-state index is 14.5. The molecular formula is C36H47N5O5S. The van der Waals surface area contributed by atoms with Gasteiger partial charge in [-0.25, -0.2) is 18.1 Å². The Hall–Kier alpha value is -3.99. The normalized spacial score (nSPS) is 22.9. The van der Waals surface area contributed by atoms with Gasteiger partial charge in [-0.3, -0.25) is 9.59 Å². The van der Waals surface area contributed by atoms with E-state index < -0.39 is 10.0 Å². The van der Waals surface area contributed by atoms with Gasteiger partial charge in [0.25, 0.3) is 15.9 Å². The van der Waals surface area contributed by atoms with Gasteiger partial charge in [-0.05, 0) is 87.1 Å². The molecule has 3 aromatic rings. The molecule has 1 aromatic heterocycles. The van der Waals surface area contributed by atoms with Gasteiger partial charge in [-0.2, -0.15) is 4.98 Å². The Morgan fingerprint density at radius 3 is 2.43 bits per heavy atom. The Balaban J connectivity index is 1.56. The minimum Gasteiger partial charge on any atom is -0.475 e. The number of ether oxygens (including phenoxy) is 1. The van der Waals surface area contributed by atoms with E-state index in [9.17, 15) is 18.0 Å². The van der Waals surface area contributed by atoms with Crippen molar-refractivity contribution in [2.75, 3.05) is 11.3 Å². The Morgan fingerprint density at radius 1 is 1.09 bits per heavy atom. The molecule has 47 heavy (non-hydrogen) atoms. The lowest BCUT2D eigenvalue weighted by Gasteiger charge is -2.49. The van der Waals surface area contributed by atoms with E-state index in [1.165, 1.54) is 12.1 Å². The first-order chi connectivity index (χ1) is 22.2. The van der Waals surface area contributed by atoms with E-state index in [1.54, 1.807) is 18.2 Å². The van der Waals surface area contributed by atoms with Crippen LogP contribution in [0.3, 0.4) is 0 Å². The summed E-state index contributed by atoms with van der Waals surface area (Å²) in [5.74, 6) is 0.149. The van der Waals surface area contributed by atoms with Crippen LogP contribution in [0.25, 0.3) is 11.3 Å². The van der Waals surface area contributed by atoms with Crippen molar-refractivity contribution in [1.82, 2.24) is 20.2 Å². The number of carbonyl (C=O) groups is 2. The second-order valence-corrected chi connectivity index (χ2v) is 15.7. The van der Waals surface area contributed by atoms with Gasteiger partial charge in [0.05, 0.1) is 16.6 Å². The summed E-state index contributed by atoms with van der Waals surface area (Å²) in [6, 6.07) is 13.4. The van der Waals surface area contributed by atoms with Gasteiger partial charge < -0.3 is 15.0 Å². The number of nitrogens with zero attached hydrogens (tertiary/aromatic N) is 3. The van der Waals surface area contributed by atoms with Crippen LogP contribution in [0.4, 0.5) is 5.95 Å². The van der Waals surface area contributed by atoms with Crippen LogP contribution in [0, 0.1) is 25.2 Å². The molecule has 10 nitrogen and oxygen atoms in total. The average Bonchev–Trinajstić information content (AvgIpc) is 2.98. The van der Waals surface area contributed by atoms with Crippen molar-refractivity contribution >= 4 is 27.8 Å². The standard InChI is InChI=1S/C36H47N5O5S/c1-8-31(42)37-27-19-36(7,20-27)18-25(6)41-28(15-22(2)3)21-46-32-17-30(33-23(4)11-9-12-24(33)5)38-35(39-32)40-47(44,45)29-14-10-13-26(16-29)34(41)43/h9-14,16-17,22,25,27-28H,8,15,18-21H2,1-7H3,(H,37,42)(H,38,39,40)/t25-,27?,28+,36?/m0/s1. The fourth-order valence-electron chi connectivity index (χ4n) is 7.27. The fourth-order valence-corrected chi connectivity index (χ4v) is 8.26. The van der Waals surface area contributed by atoms with Gasteiger partial charge >= 0.3 is 0 Å². The maximum Gasteiger partial charge on any atom is 0.264 e. The molecule has 0 saturated heterocycles. The summed E-state index contributed by atoms with van der Waals surface area (Å²) in [6.07, 6.45) is 3.51. The highest BCUT2D eigenvalue weighted by molar-refractivity contribution is 7.92. The molecular weight excluding hydrogens is 614 g/mol. The lowest BCUT2D eigenvalue weighted by Crippen LogP contribution is -2.54. The highest BCUT2D eigenvalue weighted by Crippen LogP contribution is 2.45. The van der Waals surface area contributed by atoms with E-state index in [2.05, 4.69) is 47.7 Å². The summed E-state index contributed by atoms with van der Waals surface area (Å²) in [5, 5.41) is 3.09. The van der Waals surface area contributed by atoms with Crippen molar-refractivity contribution in [3.63, 3.8) is 0 Å². The number of benzene rings is 2. The molecule has 0 spiro atoms. The smallest absolute Gasteiger partial charge is 0.264 e. The Morgan fingerprint density at radius 2 is 1.77 bits per heavy atom. The van der Waals surface area contributed by atoms with Crippen molar-refractivity contribution in [2.45, 2.75) is 104 Å². The van der Waals surface area contributed by atoms with Crippen LogP contribution in [0.15, 0.2) is 53.4 Å². The summed E-state index contributed by atoms with van der Waals surface area (Å²) in [6.45, 7) is 14.5. The largest absolute Gasteiger partial charge is 0.475 e. The number of aryl methyl sites for hydroxylation is 2. The molecule has 0 radical (unpaired) electrons. The van der Waals surface area contributed by atoms with Crippen molar-refractivity contribution in [1.29, 1.82) is 0 Å². The van der Waals surface area contributed by atoms with Gasteiger partial charge in [-0.15, -0.1) is 0 Å². The van der Waals surface area contributed by atoms with E-state index in [-0.39, 0.29) is 70.2 Å². The second kappa shape index (κ2) is 13.6. The number of nitrogens with one attached hydrogen (secondary N) is 2. The van der Waals surface area contributed by atoms with Gasteiger partial charge in [0.15, 0.2) is 0 Å². The number of sulfonamides is 1. The number of amides is 2. The second-order valence-electron chi connectivity index (χ2n) is 14.0. The third-order valence-corrected chi connectivity index (χ3v) is 10.6. The Bertz CT molecular complexity index is 1730. The molecule has 252 valence electrons. The van der Waals surface area contributed by atoms with Gasteiger partial charge in [0, 0.05) is 35.7 Å². The molecule has 2 N–H and O–H groups in total. The molecule has 2 amide bonds. The van der Waals surface area contributed by atoms with Crippen LogP contribution in [0.2, 0.25) is 0 Å². The zero-order valence-corrected chi connectivity index (χ0v) is 29.3. The van der Waals surface area contributed by atoms with Crippen LogP contribution in [0.5, 0.6) is 5.88 Å². The van der Waals surface area contributed by atoms with Crippen molar-refractivity contribution in [2.24, 2.45) is 11.3 Å². The van der Waals surface area contributed by atoms with Crippen LogP contribution < -0.4 is 14.8 Å². The van der Waals surface area contributed by atoms with E-state index in [0.29, 0.717) is 18.5 Å². The Labute approximate surface area is 278 Å². The van der Waals surface area contributed by atoms with Crippen LogP contribution in [-0.2, 0) is 14.8 Å². The summed E-state index contributed by atoms with van der Waals surface area (Å²) < 4.78 is 36.2. The quantitative estimate of drug-likeness (QED) is 0.290. The molecule has 2 heterocycles. The number of aromatic nitrogens is 2. The molecule has 2 atom stereocenters. The molecule has 1 aliphatic carbocycles. The molecule has 1 aliphatic heterocycles. The van der Waals surface area contributed by atoms with Gasteiger partial charge in [-0.1, -0.05) is 52.0 Å². The van der Waals surface area contributed by atoms with Crippen molar-refractivity contribution in [3.05, 3.63) is 65.2 Å². The van der Waals surface area contributed by atoms with E-state index in [1.807, 2.05) is 43.9 Å². The summed E-state index contributed by atoms with van der Waals surface area (Å²) >= 11 is 0. The topological polar surface area (TPSA) is 131 Å². The minimum atomic E-state index is -4.15. The minimum absolute atomic E-state index is 0.0475. The predicted molar refractivity (Wildman–Crippen MR) is 183 cm³/mol. The van der Waals surface area contributed by atoms with Crippen molar-refractivity contribution in [3.8, 4) is 17.1 Å². The SMILES string of the molecule is CCC(=O)NC1CC(C)(C[C@H](C)N2C(=O)c3cccc(c3)S(=O)(=O)Nc3nc(cc(-c4c(C)cccc4C)n3)OC[C@H]2CC(C)C)C1. The number of anilines is 1. The highest BCUT2D eigenvalue weighted by atomic mass is 32.2. The molecule has 1 fully saturated rings. The molecule has 11 heteroatoms. The first-order valence-electron chi connectivity index (χ1n) is 16.5. The third-order valence-electron chi connectivity index (χ3n) is 9.28. The van der Waals surface area contributed by atoms with E-state index in [0.717, 1.165) is 36.0 Å². The predicted octanol–water partition coefficient (Wildman–Crippen LogP) is 6.28. The maximum absolute atomic E-state index is 14.5. The van der Waals surface area contributed by atoms with Crippen LogP contribution >= 0.6 is 0 Å². The molecule has 2 aromatic carbocycles. The lowest BCUT2D eigenvalue weighted by molar-refractivity contribution is -0.123. The zero-order valence-electron chi connectivity index (χ0n) is 28.5. The molecule has 1 saturated carbocycles. The van der Waals surface area contributed by atoms with Crippen molar-refractivity contribution < 1.29 is 22.7 Å². The zero-order chi connectivity index (χ0) is 34.1. The van der Waals surface area contributed by atoms with E-state index >= 15 is 0 Å². The third kappa shape index (κ3) is 7.77. The Kier molecular flexibility index (Phi) is 9.96. The summed E-state index contributed by atoms with van der Waals surface area (Å²) in [7, 11) is -4.15. The van der Waals surface area contributed by atoms with Crippen LogP contribution in [0.1, 0.15) is 88.2 Å². The highest BCUT2D eigenvalue weighted by Gasteiger charge is 2.44. The number of hydrogen-bond donors (Lipinski definition) is 2. The van der Waals surface area contributed by atoms with Crippen LogP contribution in [-0.4, -0.2) is 59.8 Å². The van der Waals surface area contributed by atoms with Gasteiger partial charge in [0.1, 0.15) is 6.61 Å². The molecule has 5 rings (SSSR count). The van der Waals surface area contributed by atoms with E-state index in [4.69, 9.17) is 4.74 Å². The van der Waals surface area contributed by atoms with Gasteiger partial charge in [0.2, 0.25) is 17.7 Å². The lowest BCUT2D eigenvalue weighted by atomic mass is 9.63. The number of carbonyl (C=O) groups excluding carboxylic acids is 2. The summed E-state index contributed by atoms with van der Waals surface area (Å²) in [4.78, 5) is 37.4. The average molecular weight is 662 g/mol. The number of rotatable bonds is 8.